The molecule has 130 valence electrons. The summed E-state index contributed by atoms with van der Waals surface area (Å²) >= 11 is 0. The molecule has 0 amide bonds. The minimum Gasteiger partial charge on any atom is -0.361 e. The van der Waals surface area contributed by atoms with Crippen LogP contribution in [0, 0.1) is 0 Å². The van der Waals surface area contributed by atoms with Crippen molar-refractivity contribution in [2.24, 2.45) is 0 Å². The fourth-order valence-electron chi connectivity index (χ4n) is 5.12. The number of benzene rings is 4. The molecule has 1 unspecified atom stereocenters. The molecule has 1 aliphatic rings. The van der Waals surface area contributed by atoms with E-state index in [-0.39, 0.29) is 0 Å². The zero-order chi connectivity index (χ0) is 17.8. The third kappa shape index (κ3) is 2.18. The summed E-state index contributed by atoms with van der Waals surface area (Å²) < 4.78 is 0. The number of nitrogens with one attached hydrogen (secondary N) is 1. The molecule has 1 nitrogen and oxygen atoms in total. The van der Waals surface area contributed by atoms with E-state index in [0.717, 1.165) is 0 Å². The number of H-pyrrole nitrogens is 1. The third-order valence-electron chi connectivity index (χ3n) is 6.37. The van der Waals surface area contributed by atoms with Gasteiger partial charge in [-0.1, -0.05) is 66.7 Å². The van der Waals surface area contributed by atoms with Crippen molar-refractivity contribution in [1.29, 1.82) is 0 Å². The minimum atomic E-state index is 0.487. The van der Waals surface area contributed by atoms with Crippen molar-refractivity contribution in [2.45, 2.75) is 25.2 Å². The first-order valence-electron chi connectivity index (χ1n) is 9.89. The molecule has 0 saturated heterocycles. The quantitative estimate of drug-likeness (QED) is 0.316. The Labute approximate surface area is 158 Å². The molecule has 1 N–H and O–H groups in total. The fourth-order valence-corrected chi connectivity index (χ4v) is 5.12. The largest absolute Gasteiger partial charge is 0.361 e. The number of aromatic amines is 1. The predicted octanol–water partition coefficient (Wildman–Crippen LogP) is 6.94. The summed E-state index contributed by atoms with van der Waals surface area (Å²) in [6.07, 6.45) is 5.90. The molecule has 0 fully saturated rings. The molecular weight excluding hydrogens is 326 g/mol. The highest BCUT2D eigenvalue weighted by Crippen LogP contribution is 2.42. The van der Waals surface area contributed by atoms with Crippen molar-refractivity contribution in [2.75, 3.05) is 0 Å². The van der Waals surface area contributed by atoms with Crippen LogP contribution >= 0.6 is 0 Å². The van der Waals surface area contributed by atoms with Crippen LogP contribution < -0.4 is 0 Å². The van der Waals surface area contributed by atoms with E-state index in [2.05, 4.69) is 84.0 Å². The lowest BCUT2D eigenvalue weighted by Gasteiger charge is -2.27. The molecule has 0 spiro atoms. The minimum absolute atomic E-state index is 0.487. The topological polar surface area (TPSA) is 15.8 Å². The number of fused-ring (bicyclic) bond motifs is 6. The standard InChI is InChI=1S/C26H21N/c1-2-7-18-17(6-1)12-13-22-19-9-5-10-20(23(19)15-14-21(18)22)25-16-27-26-11-4-3-8-24(25)26/h1-4,6-8,11-16,20,27H,5,9-10H2. The first kappa shape index (κ1) is 15.0. The van der Waals surface area contributed by atoms with E-state index >= 15 is 0 Å². The smallest absolute Gasteiger partial charge is 0.0457 e. The molecule has 0 bridgehead atoms. The molecule has 6 rings (SSSR count). The number of aromatic nitrogens is 1. The van der Waals surface area contributed by atoms with Crippen molar-refractivity contribution >= 4 is 32.4 Å². The highest BCUT2D eigenvalue weighted by molar-refractivity contribution is 6.08. The van der Waals surface area contributed by atoms with Crippen LogP contribution in [0.2, 0.25) is 0 Å². The van der Waals surface area contributed by atoms with Crippen LogP contribution in [0.1, 0.15) is 35.4 Å². The number of hydrogen-bond donors (Lipinski definition) is 1. The van der Waals surface area contributed by atoms with E-state index in [1.54, 1.807) is 5.56 Å². The lowest BCUT2D eigenvalue weighted by molar-refractivity contribution is 0.622. The van der Waals surface area contributed by atoms with Gasteiger partial charge in [0.2, 0.25) is 0 Å². The molecule has 1 heteroatoms. The normalized spacial score (nSPS) is 16.8. The van der Waals surface area contributed by atoms with Crippen molar-refractivity contribution in [3.8, 4) is 0 Å². The van der Waals surface area contributed by atoms with Crippen molar-refractivity contribution in [3.05, 3.63) is 95.7 Å². The zero-order valence-electron chi connectivity index (χ0n) is 15.2. The van der Waals surface area contributed by atoms with E-state index < -0.39 is 0 Å². The van der Waals surface area contributed by atoms with E-state index in [9.17, 15) is 0 Å². The van der Waals surface area contributed by atoms with Gasteiger partial charge >= 0.3 is 0 Å². The molecule has 4 aromatic carbocycles. The highest BCUT2D eigenvalue weighted by atomic mass is 14.7. The van der Waals surface area contributed by atoms with Gasteiger partial charge in [-0.2, -0.15) is 0 Å². The number of para-hydroxylation sites is 1. The maximum Gasteiger partial charge on any atom is 0.0457 e. The molecule has 1 aliphatic carbocycles. The molecule has 1 aromatic heterocycles. The first-order valence-corrected chi connectivity index (χ1v) is 9.89. The summed E-state index contributed by atoms with van der Waals surface area (Å²) in [6, 6.07) is 26.8. The molecule has 27 heavy (non-hydrogen) atoms. The maximum absolute atomic E-state index is 3.48. The van der Waals surface area contributed by atoms with Crippen LogP contribution in [0.5, 0.6) is 0 Å². The molecule has 1 atom stereocenters. The Hall–Kier alpha value is -3.06. The maximum atomic E-state index is 3.48. The van der Waals surface area contributed by atoms with Gasteiger partial charge in [0, 0.05) is 23.0 Å². The van der Waals surface area contributed by atoms with Crippen LogP contribution in [-0.4, -0.2) is 4.98 Å². The van der Waals surface area contributed by atoms with Gasteiger partial charge < -0.3 is 4.98 Å². The summed E-state index contributed by atoms with van der Waals surface area (Å²) in [7, 11) is 0. The van der Waals surface area contributed by atoms with E-state index in [1.165, 1.54) is 62.8 Å². The predicted molar refractivity (Wildman–Crippen MR) is 115 cm³/mol. The van der Waals surface area contributed by atoms with Crippen LogP contribution in [-0.2, 0) is 6.42 Å². The summed E-state index contributed by atoms with van der Waals surface area (Å²) in [6.45, 7) is 0. The van der Waals surface area contributed by atoms with E-state index in [4.69, 9.17) is 0 Å². The highest BCUT2D eigenvalue weighted by Gasteiger charge is 2.25. The monoisotopic (exact) mass is 347 g/mol. The van der Waals surface area contributed by atoms with Crippen LogP contribution in [0.4, 0.5) is 0 Å². The Balaban J connectivity index is 1.60. The van der Waals surface area contributed by atoms with Gasteiger partial charge in [-0.05, 0) is 63.6 Å². The molecule has 0 saturated carbocycles. The van der Waals surface area contributed by atoms with Gasteiger partial charge in [0.25, 0.3) is 0 Å². The average molecular weight is 347 g/mol. The third-order valence-corrected chi connectivity index (χ3v) is 6.37. The Morgan fingerprint density at radius 2 is 1.48 bits per heavy atom. The number of rotatable bonds is 1. The second-order valence-electron chi connectivity index (χ2n) is 7.75. The lowest BCUT2D eigenvalue weighted by atomic mass is 9.77. The van der Waals surface area contributed by atoms with Gasteiger partial charge in [0.1, 0.15) is 0 Å². The molecule has 1 heterocycles. The molecule has 0 aliphatic heterocycles. The van der Waals surface area contributed by atoms with Crippen molar-refractivity contribution in [3.63, 3.8) is 0 Å². The van der Waals surface area contributed by atoms with Gasteiger partial charge in [-0.3, -0.25) is 0 Å². The second-order valence-corrected chi connectivity index (χ2v) is 7.75. The number of aryl methyl sites for hydroxylation is 1. The van der Waals surface area contributed by atoms with Gasteiger partial charge in [0.15, 0.2) is 0 Å². The Bertz CT molecular complexity index is 1310. The Morgan fingerprint density at radius 3 is 2.44 bits per heavy atom. The van der Waals surface area contributed by atoms with Crippen LogP contribution in [0.15, 0.2) is 79.0 Å². The SMILES string of the molecule is c1ccc2c(c1)ccc1c3c(ccc12)C(c1c[nH]c2ccccc12)CCC3. The molecule has 0 radical (unpaired) electrons. The lowest BCUT2D eigenvalue weighted by Crippen LogP contribution is -2.11. The average Bonchev–Trinajstić information content (AvgIpc) is 3.17. The van der Waals surface area contributed by atoms with Crippen molar-refractivity contribution in [1.82, 2.24) is 4.98 Å². The zero-order valence-corrected chi connectivity index (χ0v) is 15.2. The number of hydrogen-bond acceptors (Lipinski definition) is 0. The van der Waals surface area contributed by atoms with Gasteiger partial charge in [-0.15, -0.1) is 0 Å². The van der Waals surface area contributed by atoms with Crippen LogP contribution in [0.25, 0.3) is 32.4 Å². The summed E-state index contributed by atoms with van der Waals surface area (Å²) in [5, 5.41) is 6.90. The fraction of sp³-hybridized carbons (Fsp3) is 0.154. The van der Waals surface area contributed by atoms with Crippen molar-refractivity contribution < 1.29 is 0 Å². The van der Waals surface area contributed by atoms with E-state index in [1.807, 2.05) is 0 Å². The first-order chi connectivity index (χ1) is 13.4. The van der Waals surface area contributed by atoms with Gasteiger partial charge in [-0.25, -0.2) is 0 Å². The summed E-state index contributed by atoms with van der Waals surface area (Å²) in [4.78, 5) is 3.48. The Morgan fingerprint density at radius 1 is 0.667 bits per heavy atom. The molecular formula is C26H21N. The van der Waals surface area contributed by atoms with E-state index in [0.29, 0.717) is 5.92 Å². The Kier molecular flexibility index (Phi) is 3.19. The second kappa shape index (κ2) is 5.72. The molecule has 5 aromatic rings. The van der Waals surface area contributed by atoms with Gasteiger partial charge in [0.05, 0.1) is 0 Å². The summed E-state index contributed by atoms with van der Waals surface area (Å²) in [5.74, 6) is 0.487. The van der Waals surface area contributed by atoms with Crippen LogP contribution in [0.3, 0.4) is 0 Å². The summed E-state index contributed by atoms with van der Waals surface area (Å²) in [5.41, 5.74) is 5.77.